The fraction of sp³-hybridized carbons (Fsp3) is 0.905. The van der Waals surface area contributed by atoms with E-state index in [2.05, 4.69) is 24.5 Å². The van der Waals surface area contributed by atoms with Crippen molar-refractivity contribution >= 4 is 12.1 Å². The van der Waals surface area contributed by atoms with Gasteiger partial charge in [0.2, 0.25) is 0 Å². The summed E-state index contributed by atoms with van der Waals surface area (Å²) >= 11 is 0. The van der Waals surface area contributed by atoms with E-state index < -0.39 is 5.60 Å². The third-order valence-corrected chi connectivity index (χ3v) is 4.91. The van der Waals surface area contributed by atoms with Gasteiger partial charge in [0.15, 0.2) is 5.96 Å². The van der Waals surface area contributed by atoms with Crippen LogP contribution in [0.1, 0.15) is 66.7 Å². The van der Waals surface area contributed by atoms with Crippen molar-refractivity contribution in [2.45, 2.75) is 72.3 Å². The Hall–Kier alpha value is -1.50. The SMILES string of the molecule is CCCC(CCO)CN=C(NCC)NCC1CCN(C(=O)OC(C)(C)C)CC1. The van der Waals surface area contributed by atoms with Gasteiger partial charge in [0.25, 0.3) is 0 Å². The molecule has 0 bridgehead atoms. The molecule has 1 aliphatic rings. The Kier molecular flexibility index (Phi) is 11.3. The average molecular weight is 399 g/mol. The minimum absolute atomic E-state index is 0.209. The van der Waals surface area contributed by atoms with Crippen molar-refractivity contribution in [1.29, 1.82) is 0 Å². The van der Waals surface area contributed by atoms with E-state index in [1.54, 1.807) is 0 Å². The number of guanidine groups is 1. The molecule has 0 aromatic rings. The molecule has 7 heteroatoms. The lowest BCUT2D eigenvalue weighted by Crippen LogP contribution is -2.45. The number of aliphatic hydroxyl groups excluding tert-OH is 1. The second-order valence-electron chi connectivity index (χ2n) is 8.68. The highest BCUT2D eigenvalue weighted by molar-refractivity contribution is 5.79. The fourth-order valence-corrected chi connectivity index (χ4v) is 3.37. The van der Waals surface area contributed by atoms with Gasteiger partial charge in [-0.15, -0.1) is 0 Å². The predicted molar refractivity (Wildman–Crippen MR) is 115 cm³/mol. The summed E-state index contributed by atoms with van der Waals surface area (Å²) in [6, 6.07) is 0. The van der Waals surface area contributed by atoms with Crippen LogP contribution in [0.4, 0.5) is 4.79 Å². The Balaban J connectivity index is 2.44. The van der Waals surface area contributed by atoms with Crippen molar-refractivity contribution in [2.75, 3.05) is 39.3 Å². The van der Waals surface area contributed by atoms with Crippen LogP contribution < -0.4 is 10.6 Å². The van der Waals surface area contributed by atoms with Gasteiger partial charge in [0.1, 0.15) is 5.60 Å². The average Bonchev–Trinajstić information content (AvgIpc) is 2.63. The van der Waals surface area contributed by atoms with E-state index in [-0.39, 0.29) is 12.7 Å². The van der Waals surface area contributed by atoms with E-state index in [1.165, 1.54) is 0 Å². The van der Waals surface area contributed by atoms with Crippen LogP contribution in [0, 0.1) is 11.8 Å². The first kappa shape index (κ1) is 24.5. The zero-order valence-electron chi connectivity index (χ0n) is 18.6. The molecule has 7 nitrogen and oxygen atoms in total. The minimum Gasteiger partial charge on any atom is -0.444 e. The third-order valence-electron chi connectivity index (χ3n) is 4.91. The molecule has 1 rings (SSSR count). The number of amides is 1. The molecule has 1 atom stereocenters. The van der Waals surface area contributed by atoms with Crippen LogP contribution in [0.2, 0.25) is 0 Å². The van der Waals surface area contributed by atoms with Gasteiger partial charge in [-0.1, -0.05) is 13.3 Å². The Morgan fingerprint density at radius 1 is 1.21 bits per heavy atom. The summed E-state index contributed by atoms with van der Waals surface area (Å²) in [5, 5.41) is 16.0. The normalized spacial score (nSPS) is 17.4. The number of carbonyl (C=O) groups is 1. The number of rotatable bonds is 9. The molecule has 1 saturated heterocycles. The van der Waals surface area contributed by atoms with E-state index in [4.69, 9.17) is 9.73 Å². The van der Waals surface area contributed by atoms with E-state index >= 15 is 0 Å². The van der Waals surface area contributed by atoms with Gasteiger partial charge < -0.3 is 25.4 Å². The molecule has 1 aliphatic heterocycles. The number of carbonyl (C=O) groups excluding carboxylic acids is 1. The van der Waals surface area contributed by atoms with Gasteiger partial charge in [-0.25, -0.2) is 4.79 Å². The number of piperidine rings is 1. The molecule has 1 heterocycles. The number of likely N-dealkylation sites (tertiary alicyclic amines) is 1. The molecule has 0 aromatic heterocycles. The Labute approximate surface area is 171 Å². The van der Waals surface area contributed by atoms with E-state index in [0.29, 0.717) is 11.8 Å². The zero-order chi connectivity index (χ0) is 21.0. The second kappa shape index (κ2) is 12.9. The van der Waals surface area contributed by atoms with Crippen molar-refractivity contribution < 1.29 is 14.6 Å². The molecule has 1 unspecified atom stereocenters. The maximum absolute atomic E-state index is 12.2. The number of nitrogens with one attached hydrogen (secondary N) is 2. The van der Waals surface area contributed by atoms with Crippen LogP contribution in [-0.4, -0.2) is 67.0 Å². The first-order valence-electron chi connectivity index (χ1n) is 10.9. The molecule has 164 valence electrons. The first-order valence-corrected chi connectivity index (χ1v) is 10.9. The van der Waals surface area contributed by atoms with Crippen molar-refractivity contribution in [3.05, 3.63) is 0 Å². The molecule has 3 N–H and O–H groups in total. The topological polar surface area (TPSA) is 86.2 Å². The van der Waals surface area contributed by atoms with Gasteiger partial charge in [-0.2, -0.15) is 0 Å². The predicted octanol–water partition coefficient (Wildman–Crippen LogP) is 2.99. The monoisotopic (exact) mass is 398 g/mol. The lowest BCUT2D eigenvalue weighted by atomic mass is 9.97. The standard InChI is InChI=1S/C21H42N4O3/c1-6-8-17(11-14-26)15-23-19(22-7-2)24-16-18-9-12-25(13-10-18)20(27)28-21(3,4)5/h17-18,26H,6-16H2,1-5H3,(H2,22,23,24). The summed E-state index contributed by atoms with van der Waals surface area (Å²) in [7, 11) is 0. The molecule has 0 saturated carbocycles. The number of aliphatic hydroxyl groups is 1. The van der Waals surface area contributed by atoms with Crippen molar-refractivity contribution in [1.82, 2.24) is 15.5 Å². The largest absolute Gasteiger partial charge is 0.444 e. The maximum atomic E-state index is 12.2. The molecular weight excluding hydrogens is 356 g/mol. The summed E-state index contributed by atoms with van der Waals surface area (Å²) < 4.78 is 5.46. The maximum Gasteiger partial charge on any atom is 0.410 e. The Bertz CT molecular complexity index is 463. The molecule has 0 aromatic carbocycles. The van der Waals surface area contributed by atoms with Crippen LogP contribution in [-0.2, 0) is 4.74 Å². The fourth-order valence-electron chi connectivity index (χ4n) is 3.37. The second-order valence-corrected chi connectivity index (χ2v) is 8.68. The summed E-state index contributed by atoms with van der Waals surface area (Å²) in [4.78, 5) is 18.7. The molecular formula is C21H42N4O3. The molecule has 0 spiro atoms. The summed E-state index contributed by atoms with van der Waals surface area (Å²) in [5.41, 5.74) is -0.446. The number of ether oxygens (including phenoxy) is 1. The summed E-state index contributed by atoms with van der Waals surface area (Å²) in [6.07, 6.45) is 4.73. The number of nitrogens with zero attached hydrogens (tertiary/aromatic N) is 2. The number of hydrogen-bond donors (Lipinski definition) is 3. The molecule has 0 radical (unpaired) electrons. The molecule has 0 aliphatic carbocycles. The van der Waals surface area contributed by atoms with Gasteiger partial charge in [0, 0.05) is 39.3 Å². The summed E-state index contributed by atoms with van der Waals surface area (Å²) in [5.74, 6) is 1.80. The highest BCUT2D eigenvalue weighted by atomic mass is 16.6. The van der Waals surface area contributed by atoms with Gasteiger partial charge >= 0.3 is 6.09 Å². The summed E-state index contributed by atoms with van der Waals surface area (Å²) in [6.45, 7) is 14.0. The third kappa shape index (κ3) is 10.2. The van der Waals surface area contributed by atoms with Crippen LogP contribution >= 0.6 is 0 Å². The van der Waals surface area contributed by atoms with Gasteiger partial charge in [0.05, 0.1) is 0 Å². The van der Waals surface area contributed by atoms with E-state index in [1.807, 2.05) is 25.7 Å². The first-order chi connectivity index (χ1) is 13.3. The van der Waals surface area contributed by atoms with Crippen molar-refractivity contribution in [2.24, 2.45) is 16.8 Å². The molecule has 1 amide bonds. The van der Waals surface area contributed by atoms with E-state index in [9.17, 15) is 9.90 Å². The smallest absolute Gasteiger partial charge is 0.410 e. The minimum atomic E-state index is -0.446. The van der Waals surface area contributed by atoms with Crippen LogP contribution in [0.15, 0.2) is 4.99 Å². The van der Waals surface area contributed by atoms with Crippen molar-refractivity contribution in [3.8, 4) is 0 Å². The van der Waals surface area contributed by atoms with Crippen LogP contribution in [0.3, 0.4) is 0 Å². The Morgan fingerprint density at radius 2 is 1.89 bits per heavy atom. The van der Waals surface area contributed by atoms with E-state index in [0.717, 1.165) is 70.8 Å². The van der Waals surface area contributed by atoms with Gasteiger partial charge in [-0.3, -0.25) is 4.99 Å². The molecule has 1 fully saturated rings. The Morgan fingerprint density at radius 3 is 2.43 bits per heavy atom. The lowest BCUT2D eigenvalue weighted by Gasteiger charge is -2.33. The van der Waals surface area contributed by atoms with Crippen molar-refractivity contribution in [3.63, 3.8) is 0 Å². The number of hydrogen-bond acceptors (Lipinski definition) is 4. The van der Waals surface area contributed by atoms with Crippen LogP contribution in [0.25, 0.3) is 0 Å². The lowest BCUT2D eigenvalue weighted by molar-refractivity contribution is 0.0185. The number of aliphatic imine (C=N–C) groups is 1. The molecule has 28 heavy (non-hydrogen) atoms. The quantitative estimate of drug-likeness (QED) is 0.411. The zero-order valence-corrected chi connectivity index (χ0v) is 18.6. The highest BCUT2D eigenvalue weighted by Crippen LogP contribution is 2.19. The van der Waals surface area contributed by atoms with Crippen LogP contribution in [0.5, 0.6) is 0 Å². The highest BCUT2D eigenvalue weighted by Gasteiger charge is 2.26. The van der Waals surface area contributed by atoms with Gasteiger partial charge in [-0.05, 0) is 65.2 Å².